The van der Waals surface area contributed by atoms with Gasteiger partial charge in [-0.05, 0) is 42.4 Å². The highest BCUT2D eigenvalue weighted by Crippen LogP contribution is 2.55. The number of nitrogens with one attached hydrogen (secondary N) is 1. The molecule has 0 bridgehead atoms. The third kappa shape index (κ3) is 2.69. The molecule has 106 valence electrons. The number of hydrogen-bond acceptors (Lipinski definition) is 2. The van der Waals surface area contributed by atoms with Crippen molar-refractivity contribution >= 4 is 17.6 Å². The van der Waals surface area contributed by atoms with Crippen molar-refractivity contribution in [3.05, 3.63) is 29.8 Å². The number of aliphatic carboxylic acids is 1. The molecule has 4 heteroatoms. The standard InChI is InChI=1S/C16H19NO3/c18-14(19)9-10-5-7-11(8-6-10)17-16(20)15-12-3-1-2-4-13(12)15/h5-8,12-13,15H,1-4,9H2,(H,17,20)(H,18,19). The van der Waals surface area contributed by atoms with E-state index in [2.05, 4.69) is 5.32 Å². The van der Waals surface area contributed by atoms with Gasteiger partial charge in [-0.2, -0.15) is 0 Å². The van der Waals surface area contributed by atoms with Crippen molar-refractivity contribution in [2.45, 2.75) is 32.1 Å². The van der Waals surface area contributed by atoms with Crippen molar-refractivity contribution in [1.82, 2.24) is 0 Å². The first kappa shape index (κ1) is 13.2. The van der Waals surface area contributed by atoms with Crippen molar-refractivity contribution in [3.8, 4) is 0 Å². The monoisotopic (exact) mass is 273 g/mol. The average Bonchev–Trinajstić information content (AvgIpc) is 3.15. The number of rotatable bonds is 4. The van der Waals surface area contributed by atoms with Crippen LogP contribution in [0.4, 0.5) is 5.69 Å². The van der Waals surface area contributed by atoms with Crippen LogP contribution in [0.2, 0.25) is 0 Å². The lowest BCUT2D eigenvalue weighted by molar-refractivity contribution is -0.136. The van der Waals surface area contributed by atoms with Gasteiger partial charge in [-0.25, -0.2) is 0 Å². The highest BCUT2D eigenvalue weighted by molar-refractivity contribution is 5.94. The summed E-state index contributed by atoms with van der Waals surface area (Å²) in [5.41, 5.74) is 1.50. The predicted octanol–water partition coefficient (Wildman–Crippen LogP) is 2.69. The minimum Gasteiger partial charge on any atom is -0.481 e. The molecule has 2 aliphatic carbocycles. The summed E-state index contributed by atoms with van der Waals surface area (Å²) in [6.07, 6.45) is 4.92. The first-order chi connectivity index (χ1) is 9.65. The molecule has 1 amide bonds. The van der Waals surface area contributed by atoms with E-state index in [9.17, 15) is 9.59 Å². The van der Waals surface area contributed by atoms with Crippen LogP contribution >= 0.6 is 0 Å². The van der Waals surface area contributed by atoms with Gasteiger partial charge in [-0.1, -0.05) is 25.0 Å². The van der Waals surface area contributed by atoms with Gasteiger partial charge in [-0.15, -0.1) is 0 Å². The van der Waals surface area contributed by atoms with E-state index < -0.39 is 5.97 Å². The zero-order valence-electron chi connectivity index (χ0n) is 11.3. The van der Waals surface area contributed by atoms with Crippen LogP contribution < -0.4 is 5.32 Å². The largest absolute Gasteiger partial charge is 0.481 e. The van der Waals surface area contributed by atoms with E-state index in [1.165, 1.54) is 25.7 Å². The fourth-order valence-electron chi connectivity index (χ4n) is 3.49. The van der Waals surface area contributed by atoms with Crippen LogP contribution in [0.5, 0.6) is 0 Å². The molecule has 20 heavy (non-hydrogen) atoms. The number of benzene rings is 1. The zero-order valence-corrected chi connectivity index (χ0v) is 11.3. The van der Waals surface area contributed by atoms with E-state index in [4.69, 9.17) is 5.11 Å². The van der Waals surface area contributed by atoms with Crippen LogP contribution in [-0.2, 0) is 16.0 Å². The molecule has 1 aromatic rings. The minimum absolute atomic E-state index is 0.0149. The molecule has 2 atom stereocenters. The Morgan fingerprint density at radius 1 is 1.10 bits per heavy atom. The Balaban J connectivity index is 1.58. The molecule has 0 spiro atoms. The van der Waals surface area contributed by atoms with Gasteiger partial charge in [0.05, 0.1) is 6.42 Å². The Bertz CT molecular complexity index is 511. The number of amides is 1. The first-order valence-corrected chi connectivity index (χ1v) is 7.27. The average molecular weight is 273 g/mol. The molecule has 0 saturated heterocycles. The number of fused-ring (bicyclic) bond motifs is 1. The first-order valence-electron chi connectivity index (χ1n) is 7.27. The maximum absolute atomic E-state index is 12.2. The molecule has 2 fully saturated rings. The summed E-state index contributed by atoms with van der Waals surface area (Å²) in [4.78, 5) is 22.8. The maximum Gasteiger partial charge on any atom is 0.307 e. The third-order valence-corrected chi connectivity index (χ3v) is 4.54. The fraction of sp³-hybridized carbons (Fsp3) is 0.500. The Kier molecular flexibility index (Phi) is 3.47. The summed E-state index contributed by atoms with van der Waals surface area (Å²) in [5.74, 6) is 0.706. The Hall–Kier alpha value is -1.84. The second-order valence-corrected chi connectivity index (χ2v) is 5.89. The number of hydrogen-bond donors (Lipinski definition) is 2. The molecule has 4 nitrogen and oxygen atoms in total. The molecule has 0 aromatic heterocycles. The summed E-state index contributed by atoms with van der Waals surface area (Å²) in [6, 6.07) is 7.07. The number of carbonyl (C=O) groups is 2. The van der Waals surface area contributed by atoms with E-state index in [1.807, 2.05) is 0 Å². The van der Waals surface area contributed by atoms with Gasteiger partial charge in [0.25, 0.3) is 0 Å². The van der Waals surface area contributed by atoms with Gasteiger partial charge in [0.15, 0.2) is 0 Å². The molecular weight excluding hydrogens is 254 g/mol. The van der Waals surface area contributed by atoms with Crippen LogP contribution in [0.3, 0.4) is 0 Å². The van der Waals surface area contributed by atoms with Crippen molar-refractivity contribution < 1.29 is 14.7 Å². The molecule has 2 unspecified atom stereocenters. The summed E-state index contributed by atoms with van der Waals surface area (Å²) in [6.45, 7) is 0. The predicted molar refractivity (Wildman–Crippen MR) is 75.3 cm³/mol. The summed E-state index contributed by atoms with van der Waals surface area (Å²) < 4.78 is 0. The summed E-state index contributed by atoms with van der Waals surface area (Å²) in [7, 11) is 0. The van der Waals surface area contributed by atoms with Crippen molar-refractivity contribution in [3.63, 3.8) is 0 Å². The van der Waals surface area contributed by atoms with Gasteiger partial charge >= 0.3 is 5.97 Å². The van der Waals surface area contributed by atoms with E-state index in [1.54, 1.807) is 24.3 Å². The Morgan fingerprint density at radius 2 is 1.70 bits per heavy atom. The lowest BCUT2D eigenvalue weighted by atomic mass is 10.0. The summed E-state index contributed by atoms with van der Waals surface area (Å²) >= 11 is 0. The van der Waals surface area contributed by atoms with Crippen LogP contribution in [-0.4, -0.2) is 17.0 Å². The quantitative estimate of drug-likeness (QED) is 0.886. The molecule has 0 aliphatic heterocycles. The lowest BCUT2D eigenvalue weighted by Crippen LogP contribution is -2.15. The number of carbonyl (C=O) groups excluding carboxylic acids is 1. The van der Waals surface area contributed by atoms with Gasteiger partial charge in [0.2, 0.25) is 5.91 Å². The molecule has 2 saturated carbocycles. The van der Waals surface area contributed by atoms with Crippen LogP contribution in [0.25, 0.3) is 0 Å². The van der Waals surface area contributed by atoms with E-state index in [0.29, 0.717) is 11.8 Å². The molecule has 2 aliphatic rings. The molecule has 0 radical (unpaired) electrons. The molecule has 3 rings (SSSR count). The van der Waals surface area contributed by atoms with E-state index in [0.717, 1.165) is 11.3 Å². The normalized spacial score (nSPS) is 27.5. The Morgan fingerprint density at radius 3 is 2.25 bits per heavy atom. The van der Waals surface area contributed by atoms with Crippen molar-refractivity contribution in [2.24, 2.45) is 17.8 Å². The minimum atomic E-state index is -0.844. The topological polar surface area (TPSA) is 66.4 Å². The molecule has 1 aromatic carbocycles. The van der Waals surface area contributed by atoms with Gasteiger partial charge in [0, 0.05) is 11.6 Å². The number of carboxylic acids is 1. The lowest BCUT2D eigenvalue weighted by Gasteiger charge is -2.05. The second-order valence-electron chi connectivity index (χ2n) is 5.89. The fourth-order valence-corrected chi connectivity index (χ4v) is 3.49. The summed E-state index contributed by atoms with van der Waals surface area (Å²) in [5, 5.41) is 11.7. The SMILES string of the molecule is O=C(O)Cc1ccc(NC(=O)C2C3CCCCC32)cc1. The van der Waals surface area contributed by atoms with Crippen LogP contribution in [0, 0.1) is 17.8 Å². The van der Waals surface area contributed by atoms with Crippen molar-refractivity contribution in [1.29, 1.82) is 0 Å². The molecule has 2 N–H and O–H groups in total. The van der Waals surface area contributed by atoms with Gasteiger partial charge in [-0.3, -0.25) is 9.59 Å². The van der Waals surface area contributed by atoms with Gasteiger partial charge < -0.3 is 10.4 Å². The van der Waals surface area contributed by atoms with Gasteiger partial charge in [0.1, 0.15) is 0 Å². The maximum atomic E-state index is 12.2. The molecule has 0 heterocycles. The van der Waals surface area contributed by atoms with Crippen molar-refractivity contribution in [2.75, 3.05) is 5.32 Å². The zero-order chi connectivity index (χ0) is 14.1. The second kappa shape index (κ2) is 5.27. The van der Waals surface area contributed by atoms with E-state index in [-0.39, 0.29) is 18.2 Å². The highest BCUT2D eigenvalue weighted by atomic mass is 16.4. The number of carboxylic acid groups (broad SMARTS) is 1. The third-order valence-electron chi connectivity index (χ3n) is 4.54. The smallest absolute Gasteiger partial charge is 0.307 e. The van der Waals surface area contributed by atoms with Crippen LogP contribution in [0.15, 0.2) is 24.3 Å². The van der Waals surface area contributed by atoms with E-state index >= 15 is 0 Å². The number of anilines is 1. The Labute approximate surface area is 118 Å². The van der Waals surface area contributed by atoms with Crippen LogP contribution in [0.1, 0.15) is 31.2 Å². The molecular formula is C16H19NO3. The highest BCUT2D eigenvalue weighted by Gasteiger charge is 2.54.